The van der Waals surface area contributed by atoms with Crippen molar-refractivity contribution in [1.29, 1.82) is 0 Å². The van der Waals surface area contributed by atoms with Gasteiger partial charge in [0, 0.05) is 5.57 Å². The number of halogens is 6. The summed E-state index contributed by atoms with van der Waals surface area (Å²) in [5.74, 6) is 0. The molecule has 0 aromatic carbocycles. The van der Waals surface area contributed by atoms with Crippen LogP contribution in [-0.2, 0) is 0 Å². The highest BCUT2D eigenvalue weighted by atomic mass is 19.4. The Morgan fingerprint density at radius 2 is 1.57 bits per heavy atom. The van der Waals surface area contributed by atoms with Crippen molar-refractivity contribution in [2.45, 2.75) is 18.8 Å². The molecule has 0 spiro atoms. The van der Waals surface area contributed by atoms with Gasteiger partial charge < -0.3 is 0 Å². The molecule has 1 aliphatic carbocycles. The lowest BCUT2D eigenvalue weighted by atomic mass is 9.99. The molecule has 2 radical (unpaired) electrons. The van der Waals surface area contributed by atoms with Crippen LogP contribution in [0.2, 0.25) is 0 Å². The van der Waals surface area contributed by atoms with Gasteiger partial charge in [-0.05, 0) is 25.0 Å². The van der Waals surface area contributed by atoms with Crippen molar-refractivity contribution in [2.24, 2.45) is 0 Å². The van der Waals surface area contributed by atoms with Crippen LogP contribution in [0, 0.1) is 12.5 Å². The highest BCUT2D eigenvalue weighted by Gasteiger charge is 2.39. The third-order valence-corrected chi connectivity index (χ3v) is 1.57. The second-order valence-corrected chi connectivity index (χ2v) is 2.63. The molecule has 78 valence electrons. The van der Waals surface area contributed by atoms with Crippen LogP contribution in [0.5, 0.6) is 0 Å². The summed E-state index contributed by atoms with van der Waals surface area (Å²) in [7, 11) is 0. The maximum absolute atomic E-state index is 12.0. The maximum atomic E-state index is 12.0. The smallest absolute Gasteiger partial charge is 0.166 e. The number of hydrogen-bond donors (Lipinski definition) is 0. The zero-order valence-electron chi connectivity index (χ0n) is 6.63. The Bertz CT molecular complexity index is 277. The van der Waals surface area contributed by atoms with Crippen LogP contribution in [0.15, 0.2) is 17.2 Å². The molecular weight excluding hydrogens is 210 g/mol. The Morgan fingerprint density at radius 3 is 2.00 bits per heavy atom. The van der Waals surface area contributed by atoms with Gasteiger partial charge in [0.25, 0.3) is 0 Å². The second kappa shape index (κ2) is 3.33. The average molecular weight is 214 g/mol. The fourth-order valence-corrected chi connectivity index (χ4v) is 0.907. The molecule has 0 saturated heterocycles. The van der Waals surface area contributed by atoms with Crippen LogP contribution >= 0.6 is 0 Å². The van der Waals surface area contributed by atoms with Crippen molar-refractivity contribution in [1.82, 2.24) is 0 Å². The lowest BCUT2D eigenvalue weighted by Gasteiger charge is -2.17. The molecule has 0 nitrogen and oxygen atoms in total. The number of rotatable bonds is 0. The number of alkyl halides is 6. The molecule has 0 saturated carbocycles. The minimum atomic E-state index is -4.78. The summed E-state index contributed by atoms with van der Waals surface area (Å²) in [6, 6.07) is 0. The van der Waals surface area contributed by atoms with E-state index >= 15 is 0 Å². The molecule has 0 aromatic heterocycles. The predicted molar refractivity (Wildman–Crippen MR) is 35.9 cm³/mol. The minimum Gasteiger partial charge on any atom is -0.166 e. The molecule has 0 aliphatic heterocycles. The molecule has 0 bridgehead atoms. The quantitative estimate of drug-likeness (QED) is 0.542. The van der Waals surface area contributed by atoms with E-state index in [-0.39, 0.29) is 6.08 Å². The van der Waals surface area contributed by atoms with Crippen molar-refractivity contribution < 1.29 is 26.3 Å². The van der Waals surface area contributed by atoms with Gasteiger partial charge in [-0.25, -0.2) is 0 Å². The first-order valence-corrected chi connectivity index (χ1v) is 3.51. The van der Waals surface area contributed by atoms with E-state index in [1.54, 1.807) is 6.08 Å². The van der Waals surface area contributed by atoms with E-state index in [9.17, 15) is 26.3 Å². The fourth-order valence-electron chi connectivity index (χ4n) is 0.907. The van der Waals surface area contributed by atoms with Gasteiger partial charge in [0.15, 0.2) is 0 Å². The largest absolute Gasteiger partial charge is 0.416 e. The van der Waals surface area contributed by atoms with Gasteiger partial charge in [-0.15, -0.1) is 0 Å². The SMILES string of the molecule is FC(F)(F)C1=[C][CH]CC(C(F)(F)F)=C1. The fraction of sp³-hybridized carbons (Fsp3) is 0.375. The van der Waals surface area contributed by atoms with E-state index in [0.29, 0.717) is 0 Å². The molecule has 0 fully saturated rings. The van der Waals surface area contributed by atoms with Crippen LogP contribution in [-0.4, -0.2) is 12.4 Å². The third-order valence-electron chi connectivity index (χ3n) is 1.57. The summed E-state index contributed by atoms with van der Waals surface area (Å²) < 4.78 is 71.9. The Morgan fingerprint density at radius 1 is 1.00 bits per heavy atom. The summed E-state index contributed by atoms with van der Waals surface area (Å²) >= 11 is 0. The van der Waals surface area contributed by atoms with Crippen molar-refractivity contribution in [3.8, 4) is 0 Å². The van der Waals surface area contributed by atoms with E-state index < -0.39 is 29.9 Å². The maximum Gasteiger partial charge on any atom is 0.416 e. The molecule has 0 unspecified atom stereocenters. The zero-order valence-corrected chi connectivity index (χ0v) is 6.63. The van der Waals surface area contributed by atoms with Crippen molar-refractivity contribution in [3.63, 3.8) is 0 Å². The van der Waals surface area contributed by atoms with Crippen molar-refractivity contribution >= 4 is 0 Å². The Kier molecular flexibility index (Phi) is 2.65. The summed E-state index contributed by atoms with van der Waals surface area (Å²) in [6.45, 7) is 0. The van der Waals surface area contributed by atoms with E-state index in [1.165, 1.54) is 0 Å². The molecule has 1 aliphatic rings. The second-order valence-electron chi connectivity index (χ2n) is 2.63. The predicted octanol–water partition coefficient (Wildman–Crippen LogP) is 3.37. The molecule has 0 amide bonds. The Labute approximate surface area is 75.9 Å². The monoisotopic (exact) mass is 214 g/mol. The van der Waals surface area contributed by atoms with Gasteiger partial charge >= 0.3 is 12.4 Å². The molecule has 0 atom stereocenters. The molecular formula is C8H4F6. The summed E-state index contributed by atoms with van der Waals surface area (Å²) in [5, 5.41) is 0. The molecule has 0 heterocycles. The average Bonchev–Trinajstić information content (AvgIpc) is 2.01. The number of hydrogen-bond acceptors (Lipinski definition) is 0. The van der Waals surface area contributed by atoms with Gasteiger partial charge in [0.2, 0.25) is 0 Å². The highest BCUT2D eigenvalue weighted by Crippen LogP contribution is 2.36. The first-order valence-electron chi connectivity index (χ1n) is 3.51. The van der Waals surface area contributed by atoms with E-state index in [1.807, 2.05) is 0 Å². The highest BCUT2D eigenvalue weighted by molar-refractivity contribution is 5.34. The minimum absolute atomic E-state index is 0.0833. The topological polar surface area (TPSA) is 0 Å². The Hall–Kier alpha value is -0.940. The molecule has 0 aromatic rings. The Balaban J connectivity index is 2.95. The van der Waals surface area contributed by atoms with E-state index in [4.69, 9.17) is 0 Å². The van der Waals surface area contributed by atoms with Crippen LogP contribution < -0.4 is 0 Å². The molecule has 0 N–H and O–H groups in total. The van der Waals surface area contributed by atoms with Crippen LogP contribution in [0.25, 0.3) is 0 Å². The molecule has 6 heteroatoms. The van der Waals surface area contributed by atoms with Gasteiger partial charge in [-0.3, -0.25) is 0 Å². The van der Waals surface area contributed by atoms with E-state index in [2.05, 4.69) is 0 Å². The van der Waals surface area contributed by atoms with Gasteiger partial charge in [0.1, 0.15) is 0 Å². The normalized spacial score (nSPS) is 19.0. The first-order chi connectivity index (χ1) is 6.21. The van der Waals surface area contributed by atoms with Crippen LogP contribution in [0.3, 0.4) is 0 Å². The number of allylic oxidation sites excluding steroid dienone is 4. The van der Waals surface area contributed by atoms with Gasteiger partial charge in [-0.1, -0.05) is 0 Å². The lowest BCUT2D eigenvalue weighted by Crippen LogP contribution is -2.19. The molecule has 14 heavy (non-hydrogen) atoms. The first kappa shape index (κ1) is 11.1. The zero-order chi connectivity index (χ0) is 11.0. The molecule has 1 rings (SSSR count). The summed E-state index contributed by atoms with van der Waals surface area (Å²) in [6.07, 6.45) is -7.50. The lowest BCUT2D eigenvalue weighted by molar-refractivity contribution is -0.0979. The van der Waals surface area contributed by atoms with Gasteiger partial charge in [-0.2, -0.15) is 26.3 Å². The van der Waals surface area contributed by atoms with Crippen LogP contribution in [0.1, 0.15) is 6.42 Å². The van der Waals surface area contributed by atoms with Crippen molar-refractivity contribution in [2.75, 3.05) is 0 Å². The summed E-state index contributed by atoms with van der Waals surface area (Å²) in [5.41, 5.74) is -2.60. The van der Waals surface area contributed by atoms with Crippen molar-refractivity contribution in [3.05, 3.63) is 29.7 Å². The summed E-state index contributed by atoms with van der Waals surface area (Å²) in [4.78, 5) is 0. The van der Waals surface area contributed by atoms with Gasteiger partial charge in [0.05, 0.1) is 5.57 Å². The standard InChI is InChI=1S/C8H4F6/c9-7(10,11)5-2-1-3-6(4-5)8(12,13)14/h1,4H,2H2. The third kappa shape index (κ3) is 2.52. The van der Waals surface area contributed by atoms with E-state index in [0.717, 1.165) is 6.42 Å². The van der Waals surface area contributed by atoms with Crippen LogP contribution in [0.4, 0.5) is 26.3 Å².